The Morgan fingerprint density at radius 1 is 0.895 bits per heavy atom. The summed E-state index contributed by atoms with van der Waals surface area (Å²) in [7, 11) is 0. The molecule has 2 heterocycles. The van der Waals surface area contributed by atoms with E-state index < -0.39 is 0 Å². The molecule has 0 aromatic rings. The lowest BCUT2D eigenvalue weighted by molar-refractivity contribution is -0.137. The maximum atomic E-state index is 12.6. The summed E-state index contributed by atoms with van der Waals surface area (Å²) >= 11 is 0. The van der Waals surface area contributed by atoms with Crippen molar-refractivity contribution in [1.29, 1.82) is 0 Å². The fourth-order valence-corrected chi connectivity index (χ4v) is 4.73. The van der Waals surface area contributed by atoms with E-state index >= 15 is 0 Å². The Hall–Kier alpha value is -0.570. The van der Waals surface area contributed by atoms with Gasteiger partial charge in [0.15, 0.2) is 0 Å². The van der Waals surface area contributed by atoms with Crippen LogP contribution in [0, 0.1) is 17.8 Å². The second-order valence-corrected chi connectivity index (χ2v) is 7.25. The first-order valence-corrected chi connectivity index (χ1v) is 8.34. The molecule has 0 aromatic heterocycles. The Morgan fingerprint density at radius 3 is 2.37 bits per heavy atom. The number of carbonyl (C=O) groups is 1. The third-order valence-electron chi connectivity index (χ3n) is 5.96. The Labute approximate surface area is 116 Å². The molecule has 4 aliphatic rings. The van der Waals surface area contributed by atoms with Crippen molar-refractivity contribution in [2.24, 2.45) is 17.8 Å². The summed E-state index contributed by atoms with van der Waals surface area (Å²) in [6, 6.07) is 0.663. The third-order valence-corrected chi connectivity index (χ3v) is 5.96. The van der Waals surface area contributed by atoms with Crippen LogP contribution < -0.4 is 0 Å². The van der Waals surface area contributed by atoms with Crippen molar-refractivity contribution in [2.45, 2.75) is 51.0 Å². The number of rotatable bonds is 2. The summed E-state index contributed by atoms with van der Waals surface area (Å²) in [6.07, 6.45) is 9.06. The fraction of sp³-hybridized carbons (Fsp3) is 0.938. The van der Waals surface area contributed by atoms with Crippen LogP contribution >= 0.6 is 0 Å². The summed E-state index contributed by atoms with van der Waals surface area (Å²) in [6.45, 7) is 4.57. The highest BCUT2D eigenvalue weighted by atomic mass is 16.2. The minimum Gasteiger partial charge on any atom is -0.341 e. The molecule has 4 rings (SSSR count). The fourth-order valence-electron chi connectivity index (χ4n) is 4.73. The molecule has 19 heavy (non-hydrogen) atoms. The maximum Gasteiger partial charge on any atom is 0.225 e. The Balaban J connectivity index is 1.36. The van der Waals surface area contributed by atoms with Gasteiger partial charge in [-0.2, -0.15) is 0 Å². The van der Waals surface area contributed by atoms with E-state index in [2.05, 4.69) is 9.80 Å². The minimum absolute atomic E-state index is 0.390. The average Bonchev–Trinajstić information content (AvgIpc) is 2.89. The Kier molecular flexibility index (Phi) is 3.06. The SMILES string of the molecule is O=C(C1CC2CC2C1)N1CCCC(N2CCCC2)C1. The van der Waals surface area contributed by atoms with Gasteiger partial charge in [-0.3, -0.25) is 9.69 Å². The molecule has 3 unspecified atom stereocenters. The van der Waals surface area contributed by atoms with Crippen molar-refractivity contribution < 1.29 is 4.79 Å². The summed E-state index contributed by atoms with van der Waals surface area (Å²) in [5.74, 6) is 2.73. The summed E-state index contributed by atoms with van der Waals surface area (Å²) in [5, 5.41) is 0. The highest BCUT2D eigenvalue weighted by molar-refractivity contribution is 5.79. The number of likely N-dealkylation sites (tertiary alicyclic amines) is 2. The van der Waals surface area contributed by atoms with E-state index in [1.807, 2.05) is 0 Å². The van der Waals surface area contributed by atoms with Crippen molar-refractivity contribution in [1.82, 2.24) is 9.80 Å². The van der Waals surface area contributed by atoms with E-state index in [1.54, 1.807) is 0 Å². The summed E-state index contributed by atoms with van der Waals surface area (Å²) in [4.78, 5) is 17.5. The number of amides is 1. The van der Waals surface area contributed by atoms with Crippen LogP contribution in [0.3, 0.4) is 0 Å². The molecule has 0 N–H and O–H groups in total. The highest BCUT2D eigenvalue weighted by Crippen LogP contribution is 2.54. The second kappa shape index (κ2) is 4.76. The number of hydrogen-bond donors (Lipinski definition) is 0. The molecule has 0 aromatic carbocycles. The van der Waals surface area contributed by atoms with Gasteiger partial charge in [-0.05, 0) is 69.9 Å². The van der Waals surface area contributed by atoms with Crippen molar-refractivity contribution in [3.63, 3.8) is 0 Å². The Morgan fingerprint density at radius 2 is 1.63 bits per heavy atom. The summed E-state index contributed by atoms with van der Waals surface area (Å²) < 4.78 is 0. The molecule has 3 atom stereocenters. The van der Waals surface area contributed by atoms with Gasteiger partial charge in [-0.25, -0.2) is 0 Å². The lowest BCUT2D eigenvalue weighted by Crippen LogP contribution is -2.50. The van der Waals surface area contributed by atoms with E-state index in [1.165, 1.54) is 58.0 Å². The standard InChI is InChI=1S/C16H26N2O/c19-16(14-9-12-8-13(12)10-14)18-7-3-4-15(11-18)17-5-1-2-6-17/h12-15H,1-11H2. The molecule has 0 spiro atoms. The molecule has 3 heteroatoms. The molecule has 4 fully saturated rings. The van der Waals surface area contributed by atoms with E-state index in [0.29, 0.717) is 17.9 Å². The minimum atomic E-state index is 0.390. The molecule has 0 bridgehead atoms. The molecule has 106 valence electrons. The lowest BCUT2D eigenvalue weighted by Gasteiger charge is -2.38. The highest BCUT2D eigenvalue weighted by Gasteiger charge is 2.49. The predicted octanol–water partition coefficient (Wildman–Crippen LogP) is 2.12. The van der Waals surface area contributed by atoms with Gasteiger partial charge in [-0.15, -0.1) is 0 Å². The van der Waals surface area contributed by atoms with Crippen LogP contribution in [0.2, 0.25) is 0 Å². The molecule has 2 saturated carbocycles. The van der Waals surface area contributed by atoms with E-state index in [-0.39, 0.29) is 0 Å². The van der Waals surface area contributed by atoms with Gasteiger partial charge in [-0.1, -0.05) is 0 Å². The van der Waals surface area contributed by atoms with Crippen LogP contribution in [0.5, 0.6) is 0 Å². The van der Waals surface area contributed by atoms with E-state index in [9.17, 15) is 4.79 Å². The van der Waals surface area contributed by atoms with Gasteiger partial charge >= 0.3 is 0 Å². The van der Waals surface area contributed by atoms with Crippen LogP contribution in [0.15, 0.2) is 0 Å². The van der Waals surface area contributed by atoms with Gasteiger partial charge < -0.3 is 4.90 Å². The van der Waals surface area contributed by atoms with Crippen LogP contribution in [-0.4, -0.2) is 47.9 Å². The van der Waals surface area contributed by atoms with E-state index in [0.717, 1.165) is 24.9 Å². The number of fused-ring (bicyclic) bond motifs is 1. The monoisotopic (exact) mass is 262 g/mol. The van der Waals surface area contributed by atoms with Crippen molar-refractivity contribution >= 4 is 5.91 Å². The van der Waals surface area contributed by atoms with Crippen molar-refractivity contribution in [3.05, 3.63) is 0 Å². The molecule has 0 radical (unpaired) electrons. The van der Waals surface area contributed by atoms with Gasteiger partial charge in [0.05, 0.1) is 0 Å². The normalized spacial score (nSPS) is 42.4. The quantitative estimate of drug-likeness (QED) is 0.761. The van der Waals surface area contributed by atoms with Gasteiger partial charge in [0.25, 0.3) is 0 Å². The molecule has 3 nitrogen and oxygen atoms in total. The molecule has 2 saturated heterocycles. The van der Waals surface area contributed by atoms with E-state index in [4.69, 9.17) is 0 Å². The van der Waals surface area contributed by atoms with Crippen molar-refractivity contribution in [3.8, 4) is 0 Å². The second-order valence-electron chi connectivity index (χ2n) is 7.25. The zero-order valence-electron chi connectivity index (χ0n) is 11.9. The summed E-state index contributed by atoms with van der Waals surface area (Å²) in [5.41, 5.74) is 0. The number of carbonyl (C=O) groups excluding carboxylic acids is 1. The lowest BCUT2D eigenvalue weighted by atomic mass is 9.98. The van der Waals surface area contributed by atoms with Crippen LogP contribution in [0.4, 0.5) is 0 Å². The number of nitrogens with zero attached hydrogens (tertiary/aromatic N) is 2. The smallest absolute Gasteiger partial charge is 0.225 e. The third kappa shape index (κ3) is 2.31. The van der Waals surface area contributed by atoms with Crippen LogP contribution in [-0.2, 0) is 4.79 Å². The molecule has 2 aliphatic heterocycles. The first-order chi connectivity index (χ1) is 9.31. The Bertz CT molecular complexity index is 354. The maximum absolute atomic E-state index is 12.6. The number of hydrogen-bond acceptors (Lipinski definition) is 2. The first kappa shape index (κ1) is 12.2. The molecular weight excluding hydrogens is 236 g/mol. The average molecular weight is 262 g/mol. The van der Waals surface area contributed by atoms with Gasteiger partial charge in [0, 0.05) is 25.0 Å². The molecular formula is C16H26N2O. The topological polar surface area (TPSA) is 23.6 Å². The first-order valence-electron chi connectivity index (χ1n) is 8.34. The molecule has 2 aliphatic carbocycles. The number of piperidine rings is 1. The zero-order valence-corrected chi connectivity index (χ0v) is 11.9. The van der Waals surface area contributed by atoms with Crippen LogP contribution in [0.1, 0.15) is 44.9 Å². The predicted molar refractivity (Wildman–Crippen MR) is 74.7 cm³/mol. The molecule has 1 amide bonds. The van der Waals surface area contributed by atoms with Crippen LogP contribution in [0.25, 0.3) is 0 Å². The van der Waals surface area contributed by atoms with Gasteiger partial charge in [0.1, 0.15) is 0 Å². The van der Waals surface area contributed by atoms with Crippen molar-refractivity contribution in [2.75, 3.05) is 26.2 Å². The largest absolute Gasteiger partial charge is 0.341 e. The van der Waals surface area contributed by atoms with Gasteiger partial charge in [0.2, 0.25) is 5.91 Å². The zero-order chi connectivity index (χ0) is 12.8.